The summed E-state index contributed by atoms with van der Waals surface area (Å²) in [5.74, 6) is -2.08. The van der Waals surface area contributed by atoms with E-state index in [1.165, 1.54) is 36.1 Å². The van der Waals surface area contributed by atoms with E-state index in [9.17, 15) is 18.0 Å². The van der Waals surface area contributed by atoms with E-state index in [2.05, 4.69) is 0 Å². The molecule has 0 radical (unpaired) electrons. The molecule has 3 rings (SSSR count). The lowest BCUT2D eigenvalue weighted by molar-refractivity contribution is -0.124. The van der Waals surface area contributed by atoms with Crippen LogP contribution < -0.4 is 9.64 Å². The standard InChI is InChI=1S/C17H14F3NO2/c1-10(23-13-4-2-3-11(18)7-13)17(22)21-6-5-14-15(20)8-12(19)9-16(14)21/h2-4,7-10H,5-6H2,1H3. The van der Waals surface area contributed by atoms with Crippen molar-refractivity contribution in [1.82, 2.24) is 0 Å². The molecule has 0 bridgehead atoms. The quantitative estimate of drug-likeness (QED) is 0.866. The maximum atomic E-state index is 13.7. The number of fused-ring (bicyclic) bond motifs is 1. The maximum Gasteiger partial charge on any atom is 0.267 e. The molecule has 0 saturated carbocycles. The van der Waals surface area contributed by atoms with Crippen LogP contribution in [0.25, 0.3) is 0 Å². The molecule has 0 aromatic heterocycles. The van der Waals surface area contributed by atoms with Crippen molar-refractivity contribution in [2.75, 3.05) is 11.4 Å². The first-order valence-electron chi connectivity index (χ1n) is 7.17. The second-order valence-corrected chi connectivity index (χ2v) is 5.34. The fourth-order valence-corrected chi connectivity index (χ4v) is 2.67. The van der Waals surface area contributed by atoms with Gasteiger partial charge in [0.05, 0.1) is 5.69 Å². The summed E-state index contributed by atoms with van der Waals surface area (Å²) >= 11 is 0. The molecule has 2 aromatic rings. The van der Waals surface area contributed by atoms with E-state index in [1.807, 2.05) is 0 Å². The van der Waals surface area contributed by atoms with Crippen LogP contribution in [0.5, 0.6) is 5.75 Å². The second kappa shape index (κ2) is 5.95. The van der Waals surface area contributed by atoms with E-state index in [0.29, 0.717) is 12.0 Å². The minimum Gasteiger partial charge on any atom is -0.481 e. The van der Waals surface area contributed by atoms with Crippen LogP contribution in [0.3, 0.4) is 0 Å². The van der Waals surface area contributed by atoms with Crippen LogP contribution in [0.15, 0.2) is 36.4 Å². The van der Waals surface area contributed by atoms with Gasteiger partial charge in [0.1, 0.15) is 23.2 Å². The van der Waals surface area contributed by atoms with Crippen LogP contribution in [0.2, 0.25) is 0 Å². The SMILES string of the molecule is CC(Oc1cccc(F)c1)C(=O)N1CCc2c(F)cc(F)cc21. The first-order valence-corrected chi connectivity index (χ1v) is 7.17. The summed E-state index contributed by atoms with van der Waals surface area (Å²) in [5, 5.41) is 0. The average molecular weight is 321 g/mol. The number of carbonyl (C=O) groups is 1. The molecule has 0 saturated heterocycles. The van der Waals surface area contributed by atoms with E-state index < -0.39 is 29.5 Å². The Morgan fingerprint density at radius 1 is 1.17 bits per heavy atom. The van der Waals surface area contributed by atoms with E-state index in [1.54, 1.807) is 0 Å². The van der Waals surface area contributed by atoms with Gasteiger partial charge in [-0.2, -0.15) is 0 Å². The topological polar surface area (TPSA) is 29.5 Å². The smallest absolute Gasteiger partial charge is 0.267 e. The van der Waals surface area contributed by atoms with Gasteiger partial charge in [-0.25, -0.2) is 13.2 Å². The molecule has 0 aliphatic carbocycles. The summed E-state index contributed by atoms with van der Waals surface area (Å²) in [6.45, 7) is 1.77. The lowest BCUT2D eigenvalue weighted by atomic mass is 10.1. The molecule has 0 spiro atoms. The van der Waals surface area contributed by atoms with Gasteiger partial charge in [0, 0.05) is 24.2 Å². The van der Waals surface area contributed by atoms with Crippen molar-refractivity contribution in [2.24, 2.45) is 0 Å². The molecule has 1 aliphatic heterocycles. The highest BCUT2D eigenvalue weighted by Crippen LogP contribution is 2.32. The van der Waals surface area contributed by atoms with Crippen molar-refractivity contribution in [2.45, 2.75) is 19.4 Å². The van der Waals surface area contributed by atoms with Gasteiger partial charge in [-0.05, 0) is 31.5 Å². The Kier molecular flexibility index (Phi) is 3.98. The number of ether oxygens (including phenoxy) is 1. The monoisotopic (exact) mass is 321 g/mol. The van der Waals surface area contributed by atoms with Crippen LogP contribution >= 0.6 is 0 Å². The highest BCUT2D eigenvalue weighted by atomic mass is 19.1. The fraction of sp³-hybridized carbons (Fsp3) is 0.235. The molecular weight excluding hydrogens is 307 g/mol. The number of halogens is 3. The van der Waals surface area contributed by atoms with Gasteiger partial charge in [0.2, 0.25) is 0 Å². The summed E-state index contributed by atoms with van der Waals surface area (Å²) in [4.78, 5) is 13.8. The zero-order valence-corrected chi connectivity index (χ0v) is 12.4. The number of anilines is 1. The van der Waals surface area contributed by atoms with Crippen LogP contribution in [0.1, 0.15) is 12.5 Å². The zero-order valence-electron chi connectivity index (χ0n) is 12.4. The predicted molar refractivity (Wildman–Crippen MR) is 78.9 cm³/mol. The van der Waals surface area contributed by atoms with Crippen molar-refractivity contribution in [3.8, 4) is 5.75 Å². The minimum absolute atomic E-state index is 0.218. The van der Waals surface area contributed by atoms with Gasteiger partial charge in [-0.1, -0.05) is 6.07 Å². The summed E-state index contributed by atoms with van der Waals surface area (Å²) in [5.41, 5.74) is 0.542. The first-order chi connectivity index (χ1) is 11.0. The van der Waals surface area contributed by atoms with Gasteiger partial charge in [0.15, 0.2) is 6.10 Å². The molecule has 1 amide bonds. The summed E-state index contributed by atoms with van der Waals surface area (Å²) < 4.78 is 45.7. The van der Waals surface area contributed by atoms with Crippen LogP contribution in [0.4, 0.5) is 18.9 Å². The van der Waals surface area contributed by atoms with Crippen molar-refractivity contribution in [3.63, 3.8) is 0 Å². The second-order valence-electron chi connectivity index (χ2n) is 5.34. The van der Waals surface area contributed by atoms with Crippen molar-refractivity contribution in [3.05, 3.63) is 59.4 Å². The van der Waals surface area contributed by atoms with Gasteiger partial charge in [-0.3, -0.25) is 4.79 Å². The number of benzene rings is 2. The molecule has 23 heavy (non-hydrogen) atoms. The molecule has 1 heterocycles. The highest BCUT2D eigenvalue weighted by molar-refractivity contribution is 5.98. The van der Waals surface area contributed by atoms with E-state index >= 15 is 0 Å². The Labute approximate surface area is 131 Å². The van der Waals surface area contributed by atoms with E-state index in [0.717, 1.165) is 12.1 Å². The van der Waals surface area contributed by atoms with Crippen molar-refractivity contribution >= 4 is 11.6 Å². The molecule has 1 aliphatic rings. The third kappa shape index (κ3) is 3.02. The number of hydrogen-bond donors (Lipinski definition) is 0. The van der Waals surface area contributed by atoms with Gasteiger partial charge >= 0.3 is 0 Å². The van der Waals surface area contributed by atoms with Crippen molar-refractivity contribution in [1.29, 1.82) is 0 Å². The van der Waals surface area contributed by atoms with Crippen LogP contribution in [-0.4, -0.2) is 18.6 Å². The lowest BCUT2D eigenvalue weighted by Crippen LogP contribution is -2.39. The number of amides is 1. The Balaban J connectivity index is 1.80. The summed E-state index contributed by atoms with van der Waals surface area (Å²) in [6, 6.07) is 7.38. The van der Waals surface area contributed by atoms with Gasteiger partial charge in [-0.15, -0.1) is 0 Å². The fourth-order valence-electron chi connectivity index (χ4n) is 2.67. The van der Waals surface area contributed by atoms with E-state index in [-0.39, 0.29) is 18.0 Å². The minimum atomic E-state index is -0.908. The third-order valence-electron chi connectivity index (χ3n) is 3.74. The number of carbonyl (C=O) groups excluding carboxylic acids is 1. The predicted octanol–water partition coefficient (Wildman–Crippen LogP) is 3.46. The molecule has 0 N–H and O–H groups in total. The van der Waals surface area contributed by atoms with Crippen LogP contribution in [0, 0.1) is 17.5 Å². The molecule has 1 atom stereocenters. The molecule has 1 unspecified atom stereocenters. The average Bonchev–Trinajstić information content (AvgIpc) is 2.90. The number of hydrogen-bond acceptors (Lipinski definition) is 2. The van der Waals surface area contributed by atoms with Gasteiger partial charge in [0.25, 0.3) is 5.91 Å². The zero-order chi connectivity index (χ0) is 16.6. The summed E-state index contributed by atoms with van der Waals surface area (Å²) in [7, 11) is 0. The van der Waals surface area contributed by atoms with Gasteiger partial charge < -0.3 is 9.64 Å². The Morgan fingerprint density at radius 2 is 1.96 bits per heavy atom. The Hall–Kier alpha value is -2.50. The largest absolute Gasteiger partial charge is 0.481 e. The normalized spacial score (nSPS) is 14.5. The third-order valence-corrected chi connectivity index (χ3v) is 3.74. The Morgan fingerprint density at radius 3 is 2.70 bits per heavy atom. The summed E-state index contributed by atoms with van der Waals surface area (Å²) in [6.07, 6.45) is -0.589. The first kappa shape index (κ1) is 15.4. The Bertz CT molecular complexity index is 763. The van der Waals surface area contributed by atoms with E-state index in [4.69, 9.17) is 4.74 Å². The highest BCUT2D eigenvalue weighted by Gasteiger charge is 2.31. The molecule has 0 fully saturated rings. The van der Waals surface area contributed by atoms with Crippen molar-refractivity contribution < 1.29 is 22.7 Å². The molecule has 6 heteroatoms. The molecular formula is C17H14F3NO2. The number of nitrogens with zero attached hydrogens (tertiary/aromatic N) is 1. The maximum absolute atomic E-state index is 13.7. The molecule has 3 nitrogen and oxygen atoms in total. The lowest BCUT2D eigenvalue weighted by Gasteiger charge is -2.22. The molecule has 2 aromatic carbocycles. The van der Waals surface area contributed by atoms with Crippen LogP contribution in [-0.2, 0) is 11.2 Å². The number of rotatable bonds is 3. The molecule has 120 valence electrons.